The number of hydrazone groups is 1. The normalized spacial score (nSPS) is 12.0. The lowest BCUT2D eigenvalue weighted by Gasteiger charge is -2.12. The van der Waals surface area contributed by atoms with E-state index < -0.39 is 49.8 Å². The number of benzene rings is 3. The van der Waals surface area contributed by atoms with Gasteiger partial charge >= 0.3 is 6.18 Å². The molecule has 12 heteroatoms. The van der Waals surface area contributed by atoms with Crippen molar-refractivity contribution in [3.8, 4) is 0 Å². The summed E-state index contributed by atoms with van der Waals surface area (Å²) in [6.07, 6.45) is -3.91. The maximum Gasteiger partial charge on any atom is 0.416 e. The van der Waals surface area contributed by atoms with Gasteiger partial charge in [0, 0.05) is 11.3 Å². The SMILES string of the molecule is O=C(N/N=C/c1c(F)cccc1F)c1cccc(S(=O)(=O)Nc2cccc(C(F)(F)F)c2)c1. The van der Waals surface area contributed by atoms with E-state index in [1.165, 1.54) is 12.1 Å². The van der Waals surface area contributed by atoms with E-state index in [0.717, 1.165) is 54.7 Å². The molecule has 3 aromatic rings. The average Bonchev–Trinajstić information content (AvgIpc) is 2.75. The fourth-order valence-electron chi connectivity index (χ4n) is 2.63. The van der Waals surface area contributed by atoms with Gasteiger partial charge in [-0.15, -0.1) is 0 Å². The van der Waals surface area contributed by atoms with Gasteiger partial charge in [0.2, 0.25) is 0 Å². The zero-order chi connectivity index (χ0) is 24.2. The lowest BCUT2D eigenvalue weighted by molar-refractivity contribution is -0.137. The molecule has 0 saturated heterocycles. The Kier molecular flexibility index (Phi) is 6.77. The van der Waals surface area contributed by atoms with E-state index in [9.17, 15) is 35.2 Å². The van der Waals surface area contributed by atoms with Gasteiger partial charge in [0.15, 0.2) is 0 Å². The van der Waals surface area contributed by atoms with Crippen LogP contribution in [0.4, 0.5) is 27.6 Å². The number of amides is 1. The molecule has 3 rings (SSSR count). The average molecular weight is 483 g/mol. The molecule has 2 N–H and O–H groups in total. The molecular weight excluding hydrogens is 469 g/mol. The quantitative estimate of drug-likeness (QED) is 0.306. The Bertz CT molecular complexity index is 1300. The van der Waals surface area contributed by atoms with Crippen LogP contribution in [0.25, 0.3) is 0 Å². The van der Waals surface area contributed by atoms with E-state index in [1.54, 1.807) is 0 Å². The van der Waals surface area contributed by atoms with E-state index in [-0.39, 0.29) is 11.3 Å². The lowest BCUT2D eigenvalue weighted by Crippen LogP contribution is -2.19. The van der Waals surface area contributed by atoms with Crippen molar-refractivity contribution in [1.82, 2.24) is 5.43 Å². The first kappa shape index (κ1) is 23.9. The third kappa shape index (κ3) is 5.92. The van der Waals surface area contributed by atoms with Gasteiger partial charge in [-0.05, 0) is 48.5 Å². The van der Waals surface area contributed by atoms with Gasteiger partial charge in [-0.3, -0.25) is 9.52 Å². The number of rotatable bonds is 6. The van der Waals surface area contributed by atoms with E-state index in [4.69, 9.17) is 0 Å². The van der Waals surface area contributed by atoms with Crippen LogP contribution >= 0.6 is 0 Å². The van der Waals surface area contributed by atoms with E-state index in [2.05, 4.69) is 5.10 Å². The summed E-state index contributed by atoms with van der Waals surface area (Å²) in [5, 5.41) is 3.46. The molecule has 0 saturated carbocycles. The van der Waals surface area contributed by atoms with Gasteiger partial charge in [-0.2, -0.15) is 18.3 Å². The number of hydrogen-bond acceptors (Lipinski definition) is 4. The van der Waals surface area contributed by atoms with Gasteiger partial charge in [-0.1, -0.05) is 18.2 Å². The lowest BCUT2D eigenvalue weighted by atomic mass is 10.2. The summed E-state index contributed by atoms with van der Waals surface area (Å²) < 4.78 is 92.8. The molecule has 0 spiro atoms. The summed E-state index contributed by atoms with van der Waals surface area (Å²) in [7, 11) is -4.34. The third-order valence-electron chi connectivity index (χ3n) is 4.21. The molecule has 0 aliphatic heterocycles. The first-order valence-corrected chi connectivity index (χ1v) is 10.5. The highest BCUT2D eigenvalue weighted by Crippen LogP contribution is 2.31. The maximum atomic E-state index is 13.6. The van der Waals surface area contributed by atoms with Crippen LogP contribution in [-0.4, -0.2) is 20.5 Å². The molecular formula is C21H14F5N3O3S. The molecule has 33 heavy (non-hydrogen) atoms. The molecule has 0 unspecified atom stereocenters. The molecule has 3 aromatic carbocycles. The van der Waals surface area contributed by atoms with E-state index in [1.807, 2.05) is 10.1 Å². The van der Waals surface area contributed by atoms with Crippen LogP contribution < -0.4 is 10.1 Å². The Morgan fingerprint density at radius 1 is 0.909 bits per heavy atom. The van der Waals surface area contributed by atoms with Crippen molar-refractivity contribution in [3.05, 3.63) is 95.1 Å². The molecule has 0 aromatic heterocycles. The predicted octanol–water partition coefficient (Wildman–Crippen LogP) is 4.55. The number of nitrogens with one attached hydrogen (secondary N) is 2. The molecule has 6 nitrogen and oxygen atoms in total. The van der Waals surface area contributed by atoms with Crippen molar-refractivity contribution in [2.45, 2.75) is 11.1 Å². The number of halogens is 5. The van der Waals surface area contributed by atoms with Crippen LogP contribution in [0.1, 0.15) is 21.5 Å². The van der Waals surface area contributed by atoms with Crippen molar-refractivity contribution in [1.29, 1.82) is 0 Å². The Hall–Kier alpha value is -3.80. The summed E-state index contributed by atoms with van der Waals surface area (Å²) in [5.74, 6) is -2.69. The summed E-state index contributed by atoms with van der Waals surface area (Å²) >= 11 is 0. The van der Waals surface area contributed by atoms with Crippen LogP contribution in [0.5, 0.6) is 0 Å². The number of nitrogens with zero attached hydrogens (tertiary/aromatic N) is 1. The van der Waals surface area contributed by atoms with Crippen molar-refractivity contribution in [2.24, 2.45) is 5.10 Å². The van der Waals surface area contributed by atoms with Gasteiger partial charge in [0.1, 0.15) is 11.6 Å². The largest absolute Gasteiger partial charge is 0.416 e. The zero-order valence-electron chi connectivity index (χ0n) is 16.4. The molecule has 0 aliphatic carbocycles. The minimum absolute atomic E-state index is 0.173. The van der Waals surface area contributed by atoms with Crippen LogP contribution in [0.15, 0.2) is 76.7 Å². The topological polar surface area (TPSA) is 87.6 Å². The summed E-state index contributed by atoms with van der Waals surface area (Å²) in [6, 6.07) is 11.3. The highest BCUT2D eigenvalue weighted by molar-refractivity contribution is 7.92. The Morgan fingerprint density at radius 2 is 1.55 bits per heavy atom. The smallest absolute Gasteiger partial charge is 0.280 e. The second-order valence-corrected chi connectivity index (χ2v) is 8.23. The molecule has 0 bridgehead atoms. The summed E-state index contributed by atoms with van der Waals surface area (Å²) in [5.41, 5.74) is -0.0131. The van der Waals surface area contributed by atoms with E-state index >= 15 is 0 Å². The van der Waals surface area contributed by atoms with Crippen LogP contribution in [0.3, 0.4) is 0 Å². The van der Waals surface area contributed by atoms with Crippen molar-refractivity contribution in [3.63, 3.8) is 0 Å². The Labute approximate surface area is 184 Å². The van der Waals surface area contributed by atoms with Crippen LogP contribution in [0, 0.1) is 11.6 Å². The van der Waals surface area contributed by atoms with Gasteiger partial charge < -0.3 is 0 Å². The number of alkyl halides is 3. The van der Waals surface area contributed by atoms with Gasteiger partial charge in [-0.25, -0.2) is 22.6 Å². The number of hydrogen-bond donors (Lipinski definition) is 2. The number of carbonyl (C=O) groups is 1. The second-order valence-electron chi connectivity index (χ2n) is 6.55. The van der Waals surface area contributed by atoms with Crippen LogP contribution in [-0.2, 0) is 16.2 Å². The first-order valence-electron chi connectivity index (χ1n) is 9.05. The molecule has 0 aliphatic rings. The molecule has 0 radical (unpaired) electrons. The van der Waals surface area contributed by atoms with Crippen molar-refractivity contribution < 1.29 is 35.2 Å². The monoisotopic (exact) mass is 483 g/mol. The fraction of sp³-hybridized carbons (Fsp3) is 0.0476. The number of sulfonamides is 1. The Balaban J connectivity index is 1.77. The number of anilines is 1. The third-order valence-corrected chi connectivity index (χ3v) is 5.59. The minimum atomic E-state index is -4.66. The Morgan fingerprint density at radius 3 is 2.21 bits per heavy atom. The fourth-order valence-corrected chi connectivity index (χ4v) is 3.73. The molecule has 1 amide bonds. The van der Waals surface area contributed by atoms with Gasteiger partial charge in [0.05, 0.1) is 22.2 Å². The summed E-state index contributed by atoms with van der Waals surface area (Å²) in [6.45, 7) is 0. The maximum absolute atomic E-state index is 13.6. The number of carbonyl (C=O) groups excluding carboxylic acids is 1. The van der Waals surface area contributed by atoms with Crippen molar-refractivity contribution >= 4 is 27.8 Å². The highest BCUT2D eigenvalue weighted by atomic mass is 32.2. The second kappa shape index (κ2) is 9.36. The van der Waals surface area contributed by atoms with Gasteiger partial charge in [0.25, 0.3) is 15.9 Å². The molecule has 0 heterocycles. The zero-order valence-corrected chi connectivity index (χ0v) is 17.2. The first-order chi connectivity index (χ1) is 15.5. The molecule has 172 valence electrons. The van der Waals surface area contributed by atoms with Crippen LogP contribution in [0.2, 0.25) is 0 Å². The minimum Gasteiger partial charge on any atom is -0.280 e. The predicted molar refractivity (Wildman–Crippen MR) is 110 cm³/mol. The van der Waals surface area contributed by atoms with Crippen molar-refractivity contribution in [2.75, 3.05) is 4.72 Å². The molecule has 0 atom stereocenters. The summed E-state index contributed by atoms with van der Waals surface area (Å²) in [4.78, 5) is 11.8. The highest BCUT2D eigenvalue weighted by Gasteiger charge is 2.30. The standard InChI is InChI=1S/C21H14F5N3O3S/c22-18-8-3-9-19(23)17(18)12-27-28-20(30)13-4-1-7-16(10-13)33(31,32)29-15-6-2-5-14(11-15)21(24,25)26/h1-12,29H,(H,28,30)/b27-12+. The van der Waals surface area contributed by atoms with E-state index in [0.29, 0.717) is 6.07 Å². The molecule has 0 fully saturated rings.